The van der Waals surface area contributed by atoms with Crippen molar-refractivity contribution in [3.8, 4) is 11.4 Å². The number of nitrogens with two attached hydrogens (primary N) is 1. The first kappa shape index (κ1) is 11.8. The minimum atomic E-state index is -0.205. The van der Waals surface area contributed by atoms with E-state index in [4.69, 9.17) is 10.3 Å². The van der Waals surface area contributed by atoms with Crippen LogP contribution in [-0.4, -0.2) is 15.1 Å². The number of benzene rings is 1. The van der Waals surface area contributed by atoms with Gasteiger partial charge in [-0.2, -0.15) is 4.98 Å². The van der Waals surface area contributed by atoms with Gasteiger partial charge in [0.05, 0.1) is 11.6 Å². The minimum absolute atomic E-state index is 0.205. The molecule has 0 aliphatic rings. The van der Waals surface area contributed by atoms with Gasteiger partial charge in [0, 0.05) is 17.1 Å². The molecule has 2 aromatic heterocycles. The van der Waals surface area contributed by atoms with E-state index < -0.39 is 0 Å². The first-order valence-corrected chi connectivity index (χ1v) is 6.22. The molecule has 1 unspecified atom stereocenters. The molecule has 96 valence electrons. The summed E-state index contributed by atoms with van der Waals surface area (Å²) in [5.74, 6) is 1.04. The maximum absolute atomic E-state index is 5.87. The van der Waals surface area contributed by atoms with Crippen molar-refractivity contribution in [2.75, 3.05) is 0 Å². The lowest BCUT2D eigenvalue weighted by atomic mass is 10.1. The Balaban J connectivity index is 2.01. The van der Waals surface area contributed by atoms with Crippen LogP contribution in [0.15, 0.2) is 41.1 Å². The van der Waals surface area contributed by atoms with Gasteiger partial charge in [-0.25, -0.2) is 0 Å². The molecule has 0 saturated heterocycles. The predicted octanol–water partition coefficient (Wildman–Crippen LogP) is 2.69. The first-order valence-electron chi connectivity index (χ1n) is 6.22. The van der Waals surface area contributed by atoms with Crippen LogP contribution in [0.3, 0.4) is 0 Å². The van der Waals surface area contributed by atoms with Crippen molar-refractivity contribution in [1.82, 2.24) is 15.1 Å². The molecule has 3 rings (SSSR count). The van der Waals surface area contributed by atoms with Crippen LogP contribution >= 0.6 is 0 Å². The van der Waals surface area contributed by atoms with E-state index in [9.17, 15) is 0 Å². The summed E-state index contributed by atoms with van der Waals surface area (Å²) in [7, 11) is 0. The summed E-state index contributed by atoms with van der Waals surface area (Å²) < 4.78 is 5.18. The maximum Gasteiger partial charge on any atom is 0.243 e. The van der Waals surface area contributed by atoms with Crippen molar-refractivity contribution >= 4 is 10.9 Å². The average Bonchev–Trinajstić information content (AvgIpc) is 2.95. The van der Waals surface area contributed by atoms with Gasteiger partial charge < -0.3 is 10.3 Å². The number of nitrogens with zero attached hydrogens (tertiary/aromatic N) is 3. The molecule has 0 amide bonds. The fraction of sp³-hybridized carbons (Fsp3) is 0.214. The van der Waals surface area contributed by atoms with E-state index >= 15 is 0 Å². The number of aromatic nitrogens is 3. The predicted molar refractivity (Wildman–Crippen MR) is 72.3 cm³/mol. The van der Waals surface area contributed by atoms with Crippen LogP contribution in [-0.2, 0) is 0 Å². The molecular formula is C14H14N4O. The summed E-state index contributed by atoms with van der Waals surface area (Å²) in [4.78, 5) is 8.61. The lowest BCUT2D eigenvalue weighted by molar-refractivity contribution is 0.352. The van der Waals surface area contributed by atoms with Crippen molar-refractivity contribution in [3.63, 3.8) is 0 Å². The van der Waals surface area contributed by atoms with Crippen LogP contribution in [0.4, 0.5) is 0 Å². The number of fused-ring (bicyclic) bond motifs is 1. The molecule has 0 spiro atoms. The highest BCUT2D eigenvalue weighted by molar-refractivity contribution is 5.82. The van der Waals surface area contributed by atoms with Gasteiger partial charge in [0.15, 0.2) is 0 Å². The van der Waals surface area contributed by atoms with Gasteiger partial charge in [-0.3, -0.25) is 4.98 Å². The Morgan fingerprint density at radius 3 is 3.05 bits per heavy atom. The summed E-state index contributed by atoms with van der Waals surface area (Å²) in [6, 6.07) is 9.57. The van der Waals surface area contributed by atoms with Crippen LogP contribution in [0.2, 0.25) is 0 Å². The second kappa shape index (κ2) is 4.78. The van der Waals surface area contributed by atoms with Gasteiger partial charge >= 0.3 is 0 Å². The quantitative estimate of drug-likeness (QED) is 0.777. The second-order valence-electron chi connectivity index (χ2n) is 4.38. The van der Waals surface area contributed by atoms with Gasteiger partial charge in [0.2, 0.25) is 11.7 Å². The lowest BCUT2D eigenvalue weighted by Gasteiger charge is -2.00. The normalized spacial score (nSPS) is 12.7. The van der Waals surface area contributed by atoms with Crippen molar-refractivity contribution < 1.29 is 4.52 Å². The minimum Gasteiger partial charge on any atom is -0.337 e. The fourth-order valence-electron chi connectivity index (χ4n) is 1.89. The molecule has 0 radical (unpaired) electrons. The van der Waals surface area contributed by atoms with Crippen molar-refractivity contribution in [2.45, 2.75) is 19.4 Å². The van der Waals surface area contributed by atoms with Crippen LogP contribution in [0, 0.1) is 0 Å². The molecule has 2 N–H and O–H groups in total. The molecule has 0 bridgehead atoms. The molecule has 2 heterocycles. The topological polar surface area (TPSA) is 77.8 Å². The Labute approximate surface area is 110 Å². The number of hydrogen-bond acceptors (Lipinski definition) is 5. The zero-order chi connectivity index (χ0) is 13.2. The standard InChI is InChI=1S/C14H14N4O/c1-2-11(15)14-17-13(18-19-14)10-5-6-12-9(8-10)4-3-7-16-12/h3-8,11H,2,15H2,1H3. The Bertz CT molecular complexity index is 707. The number of hydrogen-bond donors (Lipinski definition) is 1. The van der Waals surface area contributed by atoms with Gasteiger partial charge in [-0.15, -0.1) is 0 Å². The van der Waals surface area contributed by atoms with Gasteiger partial charge in [-0.1, -0.05) is 18.1 Å². The first-order chi connectivity index (χ1) is 9.28. The monoisotopic (exact) mass is 254 g/mol. The van der Waals surface area contributed by atoms with Crippen molar-refractivity contribution in [3.05, 3.63) is 42.4 Å². The molecule has 19 heavy (non-hydrogen) atoms. The van der Waals surface area contributed by atoms with E-state index in [0.29, 0.717) is 11.7 Å². The summed E-state index contributed by atoms with van der Waals surface area (Å²) in [6.07, 6.45) is 2.54. The SMILES string of the molecule is CCC(N)c1nc(-c2ccc3ncccc3c2)no1. The van der Waals surface area contributed by atoms with E-state index in [0.717, 1.165) is 22.9 Å². The van der Waals surface area contributed by atoms with Crippen LogP contribution in [0.25, 0.3) is 22.3 Å². The van der Waals surface area contributed by atoms with Crippen molar-refractivity contribution in [2.24, 2.45) is 5.73 Å². The third kappa shape index (κ3) is 2.20. The smallest absolute Gasteiger partial charge is 0.243 e. The van der Waals surface area contributed by atoms with E-state index in [2.05, 4.69) is 15.1 Å². The summed E-state index contributed by atoms with van der Waals surface area (Å²) in [6.45, 7) is 1.98. The van der Waals surface area contributed by atoms with Crippen LogP contribution < -0.4 is 5.73 Å². The molecule has 1 atom stereocenters. The van der Waals surface area contributed by atoms with E-state index in [-0.39, 0.29) is 6.04 Å². The highest BCUT2D eigenvalue weighted by atomic mass is 16.5. The summed E-state index contributed by atoms with van der Waals surface area (Å²) in [5.41, 5.74) is 7.72. The van der Waals surface area contributed by atoms with Crippen LogP contribution in [0.5, 0.6) is 0 Å². The summed E-state index contributed by atoms with van der Waals surface area (Å²) in [5, 5.41) is 5.02. The molecule has 5 nitrogen and oxygen atoms in total. The largest absolute Gasteiger partial charge is 0.337 e. The Hall–Kier alpha value is -2.27. The molecular weight excluding hydrogens is 240 g/mol. The Morgan fingerprint density at radius 1 is 1.32 bits per heavy atom. The Morgan fingerprint density at radius 2 is 2.21 bits per heavy atom. The van der Waals surface area contributed by atoms with Crippen molar-refractivity contribution in [1.29, 1.82) is 0 Å². The van der Waals surface area contributed by atoms with E-state index in [1.807, 2.05) is 37.3 Å². The molecule has 1 aromatic carbocycles. The average molecular weight is 254 g/mol. The van der Waals surface area contributed by atoms with Gasteiger partial charge in [-0.05, 0) is 30.7 Å². The zero-order valence-corrected chi connectivity index (χ0v) is 10.6. The van der Waals surface area contributed by atoms with Crippen LogP contribution in [0.1, 0.15) is 25.3 Å². The third-order valence-electron chi connectivity index (χ3n) is 3.06. The molecule has 5 heteroatoms. The van der Waals surface area contributed by atoms with Gasteiger partial charge in [0.1, 0.15) is 0 Å². The number of rotatable bonds is 3. The third-order valence-corrected chi connectivity index (χ3v) is 3.06. The lowest BCUT2D eigenvalue weighted by Crippen LogP contribution is -2.08. The summed E-state index contributed by atoms with van der Waals surface area (Å²) >= 11 is 0. The maximum atomic E-state index is 5.87. The Kier molecular flexibility index (Phi) is 2.97. The second-order valence-corrected chi connectivity index (χ2v) is 4.38. The molecule has 0 aliphatic heterocycles. The molecule has 0 saturated carbocycles. The molecule has 0 aliphatic carbocycles. The van der Waals surface area contributed by atoms with E-state index in [1.165, 1.54) is 0 Å². The van der Waals surface area contributed by atoms with Gasteiger partial charge in [0.25, 0.3) is 0 Å². The zero-order valence-electron chi connectivity index (χ0n) is 10.6. The fourth-order valence-corrected chi connectivity index (χ4v) is 1.89. The number of pyridine rings is 1. The molecule has 3 aromatic rings. The highest BCUT2D eigenvalue weighted by Crippen LogP contribution is 2.22. The van der Waals surface area contributed by atoms with E-state index in [1.54, 1.807) is 6.20 Å². The highest BCUT2D eigenvalue weighted by Gasteiger charge is 2.14. The molecule has 0 fully saturated rings.